The zero-order valence-corrected chi connectivity index (χ0v) is 24.3. The van der Waals surface area contributed by atoms with Crippen LogP contribution in [0.1, 0.15) is 39.0 Å². The Hall–Kier alpha value is -3.08. The molecule has 1 aliphatic rings. The maximum absolute atomic E-state index is 12.2. The van der Waals surface area contributed by atoms with E-state index in [1.54, 1.807) is 38.2 Å². The molecule has 1 saturated heterocycles. The number of halogens is 1. The van der Waals surface area contributed by atoms with Gasteiger partial charge in [0.2, 0.25) is 0 Å². The highest BCUT2D eigenvalue weighted by Gasteiger charge is 2.35. The Morgan fingerprint density at radius 3 is 2.80 bits per heavy atom. The van der Waals surface area contributed by atoms with Gasteiger partial charge >= 0.3 is 20.2 Å². The van der Waals surface area contributed by atoms with Crippen LogP contribution in [0, 0.1) is 12.8 Å². The Bertz CT molecular complexity index is 1450. The lowest BCUT2D eigenvalue weighted by molar-refractivity contribution is -0.145. The third-order valence-electron chi connectivity index (χ3n) is 6.08. The maximum atomic E-state index is 12.2. The molecule has 0 amide bonds. The van der Waals surface area contributed by atoms with Gasteiger partial charge < -0.3 is 18.5 Å². The van der Waals surface area contributed by atoms with Crippen LogP contribution < -0.4 is 20.9 Å². The van der Waals surface area contributed by atoms with Crippen LogP contribution in [0.3, 0.4) is 0 Å². The number of nitrogens with zero attached hydrogens (tertiary/aromatic N) is 2. The first-order valence-corrected chi connectivity index (χ1v) is 14.4. The fourth-order valence-corrected chi connectivity index (χ4v) is 5.62. The molecule has 0 spiro atoms. The molecule has 4 atom stereocenters. The number of aromatic amines is 1. The highest BCUT2D eigenvalue weighted by Crippen LogP contribution is 2.40. The minimum atomic E-state index is -1.77. The highest BCUT2D eigenvalue weighted by molar-refractivity contribution is 7.45. The molecule has 3 aromatic rings. The summed E-state index contributed by atoms with van der Waals surface area (Å²) in [4.78, 5) is 42.5. The topological polar surface area (TPSA) is 134 Å². The SMILES string of the molecule is Cc1cc(OP(NCC(=O)OC(C)C)OCC2CC(C)C(n3ccc(=O)[nH]c3=O)O2)ccc1-c1ncccc1Cl. The summed E-state index contributed by atoms with van der Waals surface area (Å²) >= 11 is 6.33. The second kappa shape index (κ2) is 13.5. The Morgan fingerprint density at radius 1 is 1.30 bits per heavy atom. The quantitative estimate of drug-likeness (QED) is 0.247. The number of hydrogen-bond acceptors (Lipinski definition) is 9. The van der Waals surface area contributed by atoms with Gasteiger partial charge in [-0.15, -0.1) is 0 Å². The lowest BCUT2D eigenvalue weighted by Gasteiger charge is -2.21. The van der Waals surface area contributed by atoms with E-state index in [2.05, 4.69) is 15.1 Å². The lowest BCUT2D eigenvalue weighted by Crippen LogP contribution is -2.33. The Kier molecular flexibility index (Phi) is 10.1. The molecule has 2 aromatic heterocycles. The first kappa shape index (κ1) is 29.9. The second-order valence-electron chi connectivity index (χ2n) is 9.71. The van der Waals surface area contributed by atoms with Gasteiger partial charge in [0.15, 0.2) is 0 Å². The molecule has 13 heteroatoms. The van der Waals surface area contributed by atoms with Gasteiger partial charge in [-0.05, 0) is 63.1 Å². The summed E-state index contributed by atoms with van der Waals surface area (Å²) in [7, 11) is -1.77. The van der Waals surface area contributed by atoms with Crippen molar-refractivity contribution >= 4 is 26.1 Å². The normalized spacial score (nSPS) is 19.5. The molecule has 4 unspecified atom stereocenters. The van der Waals surface area contributed by atoms with Gasteiger partial charge in [-0.1, -0.05) is 18.5 Å². The van der Waals surface area contributed by atoms with Crippen molar-refractivity contribution in [2.45, 2.75) is 52.6 Å². The van der Waals surface area contributed by atoms with E-state index >= 15 is 0 Å². The van der Waals surface area contributed by atoms with E-state index in [9.17, 15) is 14.4 Å². The number of rotatable bonds is 11. The van der Waals surface area contributed by atoms with Crippen LogP contribution in [0.4, 0.5) is 0 Å². The van der Waals surface area contributed by atoms with Gasteiger partial charge in [-0.2, -0.15) is 0 Å². The molecule has 1 aromatic carbocycles. The van der Waals surface area contributed by atoms with E-state index in [1.165, 1.54) is 16.8 Å². The molecule has 4 rings (SSSR count). The van der Waals surface area contributed by atoms with Crippen LogP contribution in [0.25, 0.3) is 11.3 Å². The third-order valence-corrected chi connectivity index (χ3v) is 7.56. The van der Waals surface area contributed by atoms with Crippen LogP contribution >= 0.6 is 20.1 Å². The molecule has 0 saturated carbocycles. The second-order valence-corrected chi connectivity index (χ2v) is 11.4. The number of esters is 1. The first-order valence-electron chi connectivity index (χ1n) is 12.8. The average molecular weight is 591 g/mol. The number of carbonyl (C=O) groups is 1. The Balaban J connectivity index is 1.44. The van der Waals surface area contributed by atoms with Crippen molar-refractivity contribution in [2.75, 3.05) is 13.2 Å². The minimum Gasteiger partial charge on any atom is -0.462 e. The third kappa shape index (κ3) is 7.77. The van der Waals surface area contributed by atoms with Gasteiger partial charge in [0.05, 0.1) is 29.5 Å². The summed E-state index contributed by atoms with van der Waals surface area (Å²) in [6.07, 6.45) is 2.58. The van der Waals surface area contributed by atoms with Crippen molar-refractivity contribution in [1.82, 2.24) is 19.6 Å². The summed E-state index contributed by atoms with van der Waals surface area (Å²) < 4.78 is 24.9. The molecule has 0 aliphatic carbocycles. The summed E-state index contributed by atoms with van der Waals surface area (Å²) in [6, 6.07) is 10.3. The number of H-pyrrole nitrogens is 1. The smallest absolute Gasteiger partial charge is 0.330 e. The van der Waals surface area contributed by atoms with Crippen molar-refractivity contribution in [3.05, 3.63) is 80.2 Å². The van der Waals surface area contributed by atoms with Gasteiger partial charge in [-0.3, -0.25) is 24.1 Å². The maximum Gasteiger partial charge on any atom is 0.330 e. The van der Waals surface area contributed by atoms with Crippen LogP contribution in [-0.2, 0) is 18.8 Å². The molecule has 1 aliphatic heterocycles. The summed E-state index contributed by atoms with van der Waals surface area (Å²) in [5.74, 6) is 0.0868. The summed E-state index contributed by atoms with van der Waals surface area (Å²) in [5, 5.41) is 3.55. The Labute approximate surface area is 237 Å². The molecule has 40 heavy (non-hydrogen) atoms. The number of aryl methyl sites for hydroxylation is 1. The van der Waals surface area contributed by atoms with Crippen LogP contribution in [-0.4, -0.2) is 45.9 Å². The van der Waals surface area contributed by atoms with Crippen LogP contribution in [0.2, 0.25) is 5.02 Å². The number of nitrogens with one attached hydrogen (secondary N) is 2. The predicted octanol–water partition coefficient (Wildman–Crippen LogP) is 4.35. The van der Waals surface area contributed by atoms with E-state index in [0.29, 0.717) is 22.9 Å². The molecular formula is C27H32ClN4O7P. The number of aromatic nitrogens is 3. The summed E-state index contributed by atoms with van der Waals surface area (Å²) in [6.45, 7) is 7.47. The predicted molar refractivity (Wildman–Crippen MR) is 151 cm³/mol. The van der Waals surface area contributed by atoms with Crippen molar-refractivity contribution < 1.29 is 23.3 Å². The van der Waals surface area contributed by atoms with E-state index in [1.807, 2.05) is 26.0 Å². The Morgan fingerprint density at radius 2 is 2.10 bits per heavy atom. The molecule has 2 N–H and O–H groups in total. The number of hydrogen-bond donors (Lipinski definition) is 2. The van der Waals surface area contributed by atoms with Gasteiger partial charge in [0, 0.05) is 29.9 Å². The van der Waals surface area contributed by atoms with Crippen LogP contribution in [0.15, 0.2) is 58.4 Å². The zero-order chi connectivity index (χ0) is 28.8. The standard InChI is InChI=1S/C27H32ClN4O7P/c1-16(2)37-24(34)14-30-40(39-19-7-8-21(17(3)12-19)25-22(28)6-5-10-29-25)36-15-20-13-18(4)26(38-20)32-11-9-23(33)31-27(32)35/h5-12,16,18,20,26,30H,13-15H2,1-4H3,(H,31,33,35). The first-order chi connectivity index (χ1) is 19.1. The molecule has 3 heterocycles. The molecule has 1 fully saturated rings. The fraction of sp³-hybridized carbons (Fsp3) is 0.407. The fourth-order valence-electron chi connectivity index (χ4n) is 4.32. The lowest BCUT2D eigenvalue weighted by atomic mass is 10.0. The molecule has 0 radical (unpaired) electrons. The average Bonchev–Trinajstić information content (AvgIpc) is 3.26. The monoisotopic (exact) mass is 590 g/mol. The van der Waals surface area contributed by atoms with E-state index < -0.39 is 32.0 Å². The molecular weight excluding hydrogens is 559 g/mol. The van der Waals surface area contributed by atoms with Gasteiger partial charge in [-0.25, -0.2) is 9.88 Å². The zero-order valence-electron chi connectivity index (χ0n) is 22.6. The van der Waals surface area contributed by atoms with Gasteiger partial charge in [0.25, 0.3) is 5.56 Å². The molecule has 214 valence electrons. The van der Waals surface area contributed by atoms with Crippen molar-refractivity contribution in [2.24, 2.45) is 5.92 Å². The largest absolute Gasteiger partial charge is 0.462 e. The van der Waals surface area contributed by atoms with E-state index in [-0.39, 0.29) is 31.3 Å². The van der Waals surface area contributed by atoms with Gasteiger partial charge in [0.1, 0.15) is 18.5 Å². The highest BCUT2D eigenvalue weighted by atomic mass is 35.5. The number of ether oxygens (including phenoxy) is 2. The van der Waals surface area contributed by atoms with Crippen molar-refractivity contribution in [1.29, 1.82) is 0 Å². The van der Waals surface area contributed by atoms with E-state index in [0.717, 1.165) is 11.1 Å². The van der Waals surface area contributed by atoms with Crippen molar-refractivity contribution in [3.63, 3.8) is 0 Å². The molecule has 11 nitrogen and oxygen atoms in total. The van der Waals surface area contributed by atoms with E-state index in [4.69, 9.17) is 30.1 Å². The minimum absolute atomic E-state index is 0.00746. The number of carbonyl (C=O) groups excluding carboxylic acids is 1. The summed E-state index contributed by atoms with van der Waals surface area (Å²) in [5.41, 5.74) is 1.43. The molecule has 0 bridgehead atoms. The number of pyridine rings is 1. The van der Waals surface area contributed by atoms with Crippen LogP contribution in [0.5, 0.6) is 5.75 Å². The number of benzene rings is 1. The van der Waals surface area contributed by atoms with Crippen molar-refractivity contribution in [3.8, 4) is 17.0 Å².